The highest BCUT2D eigenvalue weighted by molar-refractivity contribution is 6.29. The largest absolute Gasteiger partial charge is 0.223 e. The number of aromatic nitrogens is 2. The second-order valence-electron chi connectivity index (χ2n) is 7.26. The second kappa shape index (κ2) is 5.39. The van der Waals surface area contributed by atoms with E-state index in [4.69, 9.17) is 11.6 Å². The van der Waals surface area contributed by atoms with Crippen molar-refractivity contribution in [1.29, 1.82) is 0 Å². The van der Waals surface area contributed by atoms with Crippen LogP contribution in [0.2, 0.25) is 5.28 Å². The predicted molar refractivity (Wildman–Crippen MR) is 108 cm³/mol. The Kier molecular flexibility index (Phi) is 3.22. The zero-order valence-corrected chi connectivity index (χ0v) is 15.4. The lowest BCUT2D eigenvalue weighted by atomic mass is 9.82. The minimum absolute atomic E-state index is 0.0511. The fraction of sp³-hybridized carbons (Fsp3) is 0.130. The zero-order valence-electron chi connectivity index (χ0n) is 14.6. The minimum Gasteiger partial charge on any atom is -0.217 e. The van der Waals surface area contributed by atoms with Gasteiger partial charge >= 0.3 is 0 Å². The first-order valence-electron chi connectivity index (χ1n) is 8.73. The van der Waals surface area contributed by atoms with Crippen LogP contribution in [0, 0.1) is 0 Å². The number of fused-ring (bicyclic) bond motifs is 5. The monoisotopic (exact) mass is 356 g/mol. The van der Waals surface area contributed by atoms with Crippen LogP contribution >= 0.6 is 11.6 Å². The number of halogens is 1. The van der Waals surface area contributed by atoms with Crippen LogP contribution in [0.4, 0.5) is 0 Å². The Morgan fingerprint density at radius 3 is 2.31 bits per heavy atom. The van der Waals surface area contributed by atoms with E-state index in [1.54, 1.807) is 0 Å². The second-order valence-corrected chi connectivity index (χ2v) is 7.60. The Balaban J connectivity index is 1.92. The van der Waals surface area contributed by atoms with E-state index in [9.17, 15) is 0 Å². The highest BCUT2D eigenvalue weighted by Gasteiger charge is 2.36. The van der Waals surface area contributed by atoms with Crippen molar-refractivity contribution in [3.05, 3.63) is 83.1 Å². The van der Waals surface area contributed by atoms with Crippen LogP contribution in [0.15, 0.2) is 66.7 Å². The zero-order chi connectivity index (χ0) is 17.9. The van der Waals surface area contributed by atoms with Gasteiger partial charge in [0.05, 0.1) is 11.2 Å². The molecule has 0 spiro atoms. The first-order valence-corrected chi connectivity index (χ1v) is 9.11. The maximum atomic E-state index is 6.35. The molecule has 0 saturated carbocycles. The molecule has 0 fully saturated rings. The van der Waals surface area contributed by atoms with Gasteiger partial charge in [0.2, 0.25) is 5.28 Å². The summed E-state index contributed by atoms with van der Waals surface area (Å²) in [6.07, 6.45) is 0. The predicted octanol–water partition coefficient (Wildman–Crippen LogP) is 6.26. The number of rotatable bonds is 1. The fourth-order valence-electron chi connectivity index (χ4n) is 4.17. The molecule has 1 heterocycles. The van der Waals surface area contributed by atoms with Crippen LogP contribution in [0.3, 0.4) is 0 Å². The van der Waals surface area contributed by atoms with Gasteiger partial charge in [-0.25, -0.2) is 9.97 Å². The third-order valence-electron chi connectivity index (χ3n) is 5.43. The molecule has 0 saturated heterocycles. The van der Waals surface area contributed by atoms with Crippen LogP contribution in [0.25, 0.3) is 33.3 Å². The third kappa shape index (κ3) is 2.06. The van der Waals surface area contributed by atoms with Crippen LogP contribution < -0.4 is 0 Å². The van der Waals surface area contributed by atoms with Gasteiger partial charge in [0.25, 0.3) is 0 Å². The molecule has 1 aromatic heterocycles. The van der Waals surface area contributed by atoms with Crippen molar-refractivity contribution in [2.75, 3.05) is 0 Å². The molecule has 1 aliphatic rings. The van der Waals surface area contributed by atoms with E-state index in [1.165, 1.54) is 22.3 Å². The van der Waals surface area contributed by atoms with Gasteiger partial charge in [-0.1, -0.05) is 80.6 Å². The van der Waals surface area contributed by atoms with Crippen molar-refractivity contribution in [3.8, 4) is 22.4 Å². The summed E-state index contributed by atoms with van der Waals surface area (Å²) in [5.74, 6) is 0. The molecule has 0 atom stereocenters. The molecule has 0 unspecified atom stereocenters. The quantitative estimate of drug-likeness (QED) is 0.376. The first kappa shape index (κ1) is 15.5. The summed E-state index contributed by atoms with van der Waals surface area (Å²) in [6.45, 7) is 4.54. The van der Waals surface area contributed by atoms with Crippen molar-refractivity contribution < 1.29 is 0 Å². The van der Waals surface area contributed by atoms with Crippen molar-refractivity contribution in [3.63, 3.8) is 0 Å². The van der Waals surface area contributed by atoms with Crippen LogP contribution in [-0.4, -0.2) is 9.97 Å². The number of benzene rings is 3. The number of hydrogen-bond acceptors (Lipinski definition) is 2. The third-order valence-corrected chi connectivity index (χ3v) is 5.60. The maximum absolute atomic E-state index is 6.35. The smallest absolute Gasteiger partial charge is 0.217 e. The summed E-state index contributed by atoms with van der Waals surface area (Å²) in [5, 5.41) is 1.32. The molecule has 3 heteroatoms. The van der Waals surface area contributed by atoms with E-state index < -0.39 is 0 Å². The topological polar surface area (TPSA) is 25.8 Å². The molecule has 5 rings (SSSR count). The van der Waals surface area contributed by atoms with E-state index in [0.29, 0.717) is 0 Å². The fourth-order valence-corrected chi connectivity index (χ4v) is 4.34. The SMILES string of the molecule is CC1(C)c2ccccc2-c2c1ccc1c(-c3ccccc3)nc(Cl)nc21. The Bertz CT molecular complexity index is 1160. The van der Waals surface area contributed by atoms with Crippen LogP contribution in [0.1, 0.15) is 25.0 Å². The van der Waals surface area contributed by atoms with E-state index in [-0.39, 0.29) is 10.7 Å². The summed E-state index contributed by atoms with van der Waals surface area (Å²) in [5.41, 5.74) is 7.86. The number of hydrogen-bond donors (Lipinski definition) is 0. The molecule has 4 aromatic rings. The molecule has 0 amide bonds. The van der Waals surface area contributed by atoms with E-state index in [1.807, 2.05) is 18.2 Å². The highest BCUT2D eigenvalue weighted by Crippen LogP contribution is 2.51. The Morgan fingerprint density at radius 2 is 1.50 bits per heavy atom. The van der Waals surface area contributed by atoms with Gasteiger partial charge in [-0.15, -0.1) is 0 Å². The van der Waals surface area contributed by atoms with Crippen LogP contribution in [-0.2, 0) is 5.41 Å². The molecule has 26 heavy (non-hydrogen) atoms. The van der Waals surface area contributed by atoms with Gasteiger partial charge in [-0.05, 0) is 28.3 Å². The van der Waals surface area contributed by atoms with Crippen molar-refractivity contribution in [2.45, 2.75) is 19.3 Å². The molecular weight excluding hydrogens is 340 g/mol. The Hall–Kier alpha value is -2.71. The molecular formula is C23H17ClN2. The summed E-state index contributed by atoms with van der Waals surface area (Å²) in [7, 11) is 0. The van der Waals surface area contributed by atoms with Crippen molar-refractivity contribution in [2.24, 2.45) is 0 Å². The lowest BCUT2D eigenvalue weighted by Crippen LogP contribution is -2.14. The normalized spacial score (nSPS) is 14.3. The maximum Gasteiger partial charge on any atom is 0.223 e. The van der Waals surface area contributed by atoms with Gasteiger partial charge in [0, 0.05) is 21.9 Å². The van der Waals surface area contributed by atoms with Crippen LogP contribution in [0.5, 0.6) is 0 Å². The van der Waals surface area contributed by atoms with Crippen molar-refractivity contribution >= 4 is 22.5 Å². The minimum atomic E-state index is -0.0511. The summed E-state index contributed by atoms with van der Waals surface area (Å²) in [6, 6.07) is 23.1. The van der Waals surface area contributed by atoms with Gasteiger partial charge in [-0.3, -0.25) is 0 Å². The average molecular weight is 357 g/mol. The van der Waals surface area contributed by atoms with Gasteiger partial charge in [-0.2, -0.15) is 0 Å². The highest BCUT2D eigenvalue weighted by atomic mass is 35.5. The standard InChI is InChI=1S/C23H17ClN2/c1-23(2)17-11-7-6-10-15(17)19-18(23)13-12-16-20(14-8-4-3-5-9-14)25-22(24)26-21(16)19/h3-13H,1-2H3. The molecule has 126 valence electrons. The number of nitrogens with zero attached hydrogens (tertiary/aromatic N) is 2. The Morgan fingerprint density at radius 1 is 0.769 bits per heavy atom. The molecule has 1 aliphatic carbocycles. The summed E-state index contributed by atoms with van der Waals surface area (Å²) < 4.78 is 0. The van der Waals surface area contributed by atoms with Gasteiger partial charge in [0.15, 0.2) is 0 Å². The van der Waals surface area contributed by atoms with E-state index in [2.05, 4.69) is 72.3 Å². The van der Waals surface area contributed by atoms with E-state index >= 15 is 0 Å². The first-order chi connectivity index (χ1) is 12.6. The molecule has 3 aromatic carbocycles. The van der Waals surface area contributed by atoms with Gasteiger partial charge < -0.3 is 0 Å². The van der Waals surface area contributed by atoms with Crippen molar-refractivity contribution in [1.82, 2.24) is 9.97 Å². The van der Waals surface area contributed by atoms with Gasteiger partial charge in [0.1, 0.15) is 0 Å². The summed E-state index contributed by atoms with van der Waals surface area (Å²) >= 11 is 6.35. The molecule has 0 radical (unpaired) electrons. The molecule has 2 nitrogen and oxygen atoms in total. The molecule has 0 bridgehead atoms. The molecule has 0 aliphatic heterocycles. The average Bonchev–Trinajstić information content (AvgIpc) is 2.90. The lowest BCUT2D eigenvalue weighted by Gasteiger charge is -2.21. The summed E-state index contributed by atoms with van der Waals surface area (Å²) in [4.78, 5) is 9.20. The Labute approximate surface area is 157 Å². The van der Waals surface area contributed by atoms with E-state index in [0.717, 1.165) is 22.2 Å². The lowest BCUT2D eigenvalue weighted by molar-refractivity contribution is 0.661. The molecule has 0 N–H and O–H groups in total.